The summed E-state index contributed by atoms with van der Waals surface area (Å²) in [6.45, 7) is 2.33. The van der Waals surface area contributed by atoms with Crippen molar-refractivity contribution in [2.75, 3.05) is 5.75 Å². The molecule has 0 atom stereocenters. The fourth-order valence-corrected chi connectivity index (χ4v) is 4.16. The quantitative estimate of drug-likeness (QED) is 0.241. The van der Waals surface area contributed by atoms with Gasteiger partial charge in [-0.3, -0.25) is 29.8 Å². The summed E-state index contributed by atoms with van der Waals surface area (Å²) in [6, 6.07) is 21.3. The molecule has 34 heavy (non-hydrogen) atoms. The third kappa shape index (κ3) is 5.65. The number of aryl methyl sites for hydroxylation is 1. The Hall–Kier alpha value is -3.62. The van der Waals surface area contributed by atoms with Crippen LogP contribution in [0.2, 0.25) is 5.02 Å². The number of hydrogen-bond donors (Lipinski definition) is 2. The number of carbonyl (C=O) groups excluding carboxylic acids is 2. The zero-order chi connectivity index (χ0) is 24.1. The maximum absolute atomic E-state index is 13.2. The molecule has 0 aliphatic rings. The minimum atomic E-state index is -0.463. The lowest BCUT2D eigenvalue weighted by atomic mass is 10.1. The molecule has 0 saturated heterocycles. The molecule has 4 rings (SSSR count). The maximum atomic E-state index is 13.2. The third-order valence-corrected chi connectivity index (χ3v) is 6.27. The third-order valence-electron chi connectivity index (χ3n) is 5.04. The Morgan fingerprint density at radius 2 is 1.68 bits per heavy atom. The van der Waals surface area contributed by atoms with Crippen molar-refractivity contribution >= 4 is 46.1 Å². The topological polar surface area (TPSA) is 93.1 Å². The SMILES string of the molecule is Cc1ccc(Cn2c(SCC(=O)NNC(=O)c3ccc(Cl)cc3)nc3ccccc3c2=O)cc1. The van der Waals surface area contributed by atoms with Gasteiger partial charge in [-0.1, -0.05) is 65.3 Å². The molecule has 0 saturated carbocycles. The lowest BCUT2D eigenvalue weighted by Crippen LogP contribution is -2.42. The van der Waals surface area contributed by atoms with Crippen molar-refractivity contribution in [3.8, 4) is 0 Å². The summed E-state index contributed by atoms with van der Waals surface area (Å²) >= 11 is 6.95. The number of carbonyl (C=O) groups is 2. The predicted octanol–water partition coefficient (Wildman–Crippen LogP) is 3.96. The van der Waals surface area contributed by atoms with Gasteiger partial charge >= 0.3 is 0 Å². The number of hydrazine groups is 1. The number of thioether (sulfide) groups is 1. The fraction of sp³-hybridized carbons (Fsp3) is 0.120. The highest BCUT2D eigenvalue weighted by molar-refractivity contribution is 7.99. The number of halogens is 1. The van der Waals surface area contributed by atoms with Gasteiger partial charge in [0.25, 0.3) is 11.5 Å². The molecule has 0 aliphatic carbocycles. The highest BCUT2D eigenvalue weighted by Crippen LogP contribution is 2.19. The average Bonchev–Trinajstić information content (AvgIpc) is 2.85. The predicted molar refractivity (Wildman–Crippen MR) is 134 cm³/mol. The Labute approximate surface area is 205 Å². The number of para-hydroxylation sites is 1. The summed E-state index contributed by atoms with van der Waals surface area (Å²) in [5.74, 6) is -0.939. The van der Waals surface area contributed by atoms with Crippen LogP contribution >= 0.6 is 23.4 Å². The smallest absolute Gasteiger partial charge is 0.269 e. The molecule has 2 amide bonds. The number of hydrogen-bond acceptors (Lipinski definition) is 5. The van der Waals surface area contributed by atoms with E-state index in [4.69, 9.17) is 11.6 Å². The Morgan fingerprint density at radius 1 is 0.971 bits per heavy atom. The molecule has 0 spiro atoms. The normalized spacial score (nSPS) is 10.8. The lowest BCUT2D eigenvalue weighted by Gasteiger charge is -2.13. The van der Waals surface area contributed by atoms with Crippen LogP contribution in [0.3, 0.4) is 0 Å². The molecule has 2 N–H and O–H groups in total. The van der Waals surface area contributed by atoms with Crippen LogP contribution in [-0.4, -0.2) is 27.1 Å². The first-order chi connectivity index (χ1) is 16.4. The van der Waals surface area contributed by atoms with E-state index in [1.807, 2.05) is 37.3 Å². The summed E-state index contributed by atoms with van der Waals surface area (Å²) in [4.78, 5) is 42.4. The minimum Gasteiger partial charge on any atom is -0.283 e. The molecule has 9 heteroatoms. The zero-order valence-electron chi connectivity index (χ0n) is 18.2. The molecule has 0 unspecified atom stereocenters. The van der Waals surface area contributed by atoms with E-state index in [1.54, 1.807) is 47.0 Å². The van der Waals surface area contributed by atoms with Crippen molar-refractivity contribution in [3.05, 3.63) is 105 Å². The summed E-state index contributed by atoms with van der Waals surface area (Å²) in [6.07, 6.45) is 0. The van der Waals surface area contributed by atoms with Gasteiger partial charge in [0.1, 0.15) is 0 Å². The number of nitrogens with zero attached hydrogens (tertiary/aromatic N) is 2. The fourth-order valence-electron chi connectivity index (χ4n) is 3.24. The van der Waals surface area contributed by atoms with Crippen molar-refractivity contribution in [2.45, 2.75) is 18.6 Å². The van der Waals surface area contributed by atoms with E-state index in [-0.39, 0.29) is 11.3 Å². The number of nitrogens with one attached hydrogen (secondary N) is 2. The number of rotatable bonds is 6. The van der Waals surface area contributed by atoms with E-state index in [0.29, 0.717) is 33.2 Å². The number of amides is 2. The van der Waals surface area contributed by atoms with E-state index in [2.05, 4.69) is 15.8 Å². The maximum Gasteiger partial charge on any atom is 0.269 e. The largest absolute Gasteiger partial charge is 0.283 e. The summed E-state index contributed by atoms with van der Waals surface area (Å²) in [7, 11) is 0. The Balaban J connectivity index is 1.49. The van der Waals surface area contributed by atoms with Gasteiger partial charge in [-0.2, -0.15) is 0 Å². The number of aromatic nitrogens is 2. The van der Waals surface area contributed by atoms with Crippen molar-refractivity contribution in [3.63, 3.8) is 0 Å². The second kappa shape index (κ2) is 10.5. The Bertz CT molecular complexity index is 1400. The molecular formula is C25H21ClN4O3S. The zero-order valence-corrected chi connectivity index (χ0v) is 19.8. The molecule has 0 fully saturated rings. The van der Waals surface area contributed by atoms with Gasteiger partial charge in [-0.25, -0.2) is 4.98 Å². The van der Waals surface area contributed by atoms with Crippen LogP contribution in [0, 0.1) is 6.92 Å². The van der Waals surface area contributed by atoms with Crippen molar-refractivity contribution in [1.82, 2.24) is 20.4 Å². The Morgan fingerprint density at radius 3 is 2.41 bits per heavy atom. The molecule has 4 aromatic rings. The molecule has 7 nitrogen and oxygen atoms in total. The molecule has 0 bridgehead atoms. The van der Waals surface area contributed by atoms with Crippen LogP contribution in [0.15, 0.2) is 82.7 Å². The van der Waals surface area contributed by atoms with Gasteiger partial charge in [-0.15, -0.1) is 0 Å². The van der Waals surface area contributed by atoms with Crippen molar-refractivity contribution in [1.29, 1.82) is 0 Å². The first-order valence-electron chi connectivity index (χ1n) is 10.4. The van der Waals surface area contributed by atoms with Crippen molar-refractivity contribution in [2.24, 2.45) is 0 Å². The minimum absolute atomic E-state index is 0.0421. The molecule has 0 aliphatic heterocycles. The van der Waals surface area contributed by atoms with E-state index in [9.17, 15) is 14.4 Å². The van der Waals surface area contributed by atoms with E-state index in [0.717, 1.165) is 22.9 Å². The lowest BCUT2D eigenvalue weighted by molar-refractivity contribution is -0.119. The van der Waals surface area contributed by atoms with E-state index >= 15 is 0 Å². The van der Waals surface area contributed by atoms with Crippen LogP contribution in [0.1, 0.15) is 21.5 Å². The van der Waals surface area contributed by atoms with Crippen LogP contribution in [0.25, 0.3) is 10.9 Å². The summed E-state index contributed by atoms with van der Waals surface area (Å²) in [5, 5.41) is 1.44. The van der Waals surface area contributed by atoms with E-state index in [1.165, 1.54) is 0 Å². The highest BCUT2D eigenvalue weighted by atomic mass is 35.5. The first kappa shape index (κ1) is 23.5. The molecule has 0 radical (unpaired) electrons. The van der Waals surface area contributed by atoms with Gasteiger partial charge in [0.2, 0.25) is 5.91 Å². The molecule has 172 valence electrons. The van der Waals surface area contributed by atoms with Crippen LogP contribution < -0.4 is 16.4 Å². The molecular weight excluding hydrogens is 472 g/mol. The second-order valence-electron chi connectivity index (χ2n) is 7.59. The van der Waals surface area contributed by atoms with Gasteiger partial charge in [-0.05, 0) is 48.9 Å². The van der Waals surface area contributed by atoms with Crippen molar-refractivity contribution < 1.29 is 9.59 Å². The van der Waals surface area contributed by atoms with Crippen LogP contribution in [0.5, 0.6) is 0 Å². The van der Waals surface area contributed by atoms with Gasteiger partial charge < -0.3 is 0 Å². The summed E-state index contributed by atoms with van der Waals surface area (Å²) in [5.41, 5.74) is 7.58. The molecule has 1 heterocycles. The number of benzene rings is 3. The molecule has 3 aromatic carbocycles. The summed E-state index contributed by atoms with van der Waals surface area (Å²) < 4.78 is 1.57. The van der Waals surface area contributed by atoms with Crippen LogP contribution in [-0.2, 0) is 11.3 Å². The molecule has 1 aromatic heterocycles. The standard InChI is InChI=1S/C25H21ClN4O3S/c1-16-6-8-17(9-7-16)14-30-24(33)20-4-2-3-5-21(20)27-25(30)34-15-22(31)28-29-23(32)18-10-12-19(26)13-11-18/h2-13H,14-15H2,1H3,(H,28,31)(H,29,32). The first-order valence-corrected chi connectivity index (χ1v) is 11.8. The van der Waals surface area contributed by atoms with Crippen LogP contribution in [0.4, 0.5) is 0 Å². The average molecular weight is 493 g/mol. The van der Waals surface area contributed by atoms with Gasteiger partial charge in [0, 0.05) is 10.6 Å². The number of fused-ring (bicyclic) bond motifs is 1. The highest BCUT2D eigenvalue weighted by Gasteiger charge is 2.14. The van der Waals surface area contributed by atoms with Gasteiger partial charge in [0.15, 0.2) is 5.16 Å². The Kier molecular flexibility index (Phi) is 7.30. The van der Waals surface area contributed by atoms with E-state index < -0.39 is 11.8 Å². The second-order valence-corrected chi connectivity index (χ2v) is 8.97. The van der Waals surface area contributed by atoms with Gasteiger partial charge in [0.05, 0.1) is 23.2 Å². The monoisotopic (exact) mass is 492 g/mol.